The summed E-state index contributed by atoms with van der Waals surface area (Å²) in [5, 5.41) is 8.92. The van der Waals surface area contributed by atoms with Gasteiger partial charge in [0, 0.05) is 11.1 Å². The van der Waals surface area contributed by atoms with Crippen molar-refractivity contribution < 1.29 is 24.3 Å². The van der Waals surface area contributed by atoms with Crippen molar-refractivity contribution >= 4 is 29.1 Å². The smallest absolute Gasteiger partial charge is 0.324 e. The van der Waals surface area contributed by atoms with Crippen LogP contribution in [0, 0.1) is 0 Å². The average Bonchev–Trinajstić information content (AvgIpc) is 2.83. The van der Waals surface area contributed by atoms with Crippen LogP contribution >= 0.6 is 11.6 Å². The van der Waals surface area contributed by atoms with Crippen molar-refractivity contribution in [3.63, 3.8) is 0 Å². The number of ketones is 2. The standard InChI is InChI=1S/C13H9ClN2O5/c14-11-7-8(17)5-3-1-2-4-6(5)10(18)13(7,21-16-11)9(15)12(19)20/h1-4,9,16H,15H2,(H,19,20)/t9-,13+/m1/s1. The zero-order valence-corrected chi connectivity index (χ0v) is 11.2. The number of carbonyl (C=O) groups excluding carboxylic acids is 2. The van der Waals surface area contributed by atoms with Crippen LogP contribution in [0.2, 0.25) is 0 Å². The van der Waals surface area contributed by atoms with Crippen LogP contribution in [0.15, 0.2) is 35.0 Å². The van der Waals surface area contributed by atoms with Crippen LogP contribution in [0.25, 0.3) is 0 Å². The predicted molar refractivity (Wildman–Crippen MR) is 70.5 cm³/mol. The lowest BCUT2D eigenvalue weighted by Crippen LogP contribution is -2.62. The molecule has 0 fully saturated rings. The van der Waals surface area contributed by atoms with Crippen LogP contribution in [0.3, 0.4) is 0 Å². The van der Waals surface area contributed by atoms with E-state index in [1.54, 1.807) is 12.1 Å². The SMILES string of the molecule is N[C@H](C(=O)O)[C@@]12ONC(Cl)=C1C(=O)c1ccccc1C2=O. The molecule has 0 saturated carbocycles. The van der Waals surface area contributed by atoms with Crippen LogP contribution < -0.4 is 11.2 Å². The van der Waals surface area contributed by atoms with Gasteiger partial charge in [-0.05, 0) is 0 Å². The molecule has 1 aliphatic heterocycles. The number of carboxylic acid groups (broad SMARTS) is 1. The van der Waals surface area contributed by atoms with Gasteiger partial charge in [0.2, 0.25) is 11.4 Å². The molecule has 0 amide bonds. The Balaban J connectivity index is 2.32. The highest BCUT2D eigenvalue weighted by Crippen LogP contribution is 2.42. The zero-order valence-electron chi connectivity index (χ0n) is 10.4. The number of carboxylic acids is 1. The molecule has 0 bridgehead atoms. The number of rotatable bonds is 2. The number of Topliss-reactive ketones (excluding diaryl/α,β-unsaturated/α-hetero) is 2. The molecule has 2 atom stereocenters. The average molecular weight is 309 g/mol. The maximum Gasteiger partial charge on any atom is 0.324 e. The summed E-state index contributed by atoms with van der Waals surface area (Å²) in [5.41, 5.74) is 5.56. The molecule has 0 aromatic heterocycles. The Morgan fingerprint density at radius 3 is 2.57 bits per heavy atom. The van der Waals surface area contributed by atoms with E-state index in [9.17, 15) is 14.4 Å². The molecule has 1 aliphatic carbocycles. The van der Waals surface area contributed by atoms with Gasteiger partial charge in [0.15, 0.2) is 5.78 Å². The number of hydrogen-bond donors (Lipinski definition) is 3. The Hall–Kier alpha value is -2.22. The number of hydroxylamine groups is 1. The molecule has 2 aliphatic rings. The summed E-state index contributed by atoms with van der Waals surface area (Å²) in [4.78, 5) is 41.6. The molecule has 21 heavy (non-hydrogen) atoms. The lowest BCUT2D eigenvalue weighted by Gasteiger charge is -2.34. The number of carbonyl (C=O) groups is 3. The number of nitrogens with two attached hydrogens (primary N) is 1. The van der Waals surface area contributed by atoms with Gasteiger partial charge in [-0.3, -0.25) is 24.7 Å². The molecule has 108 valence electrons. The van der Waals surface area contributed by atoms with Crippen LogP contribution in [0.1, 0.15) is 20.7 Å². The zero-order chi connectivity index (χ0) is 15.4. The number of hydrogen-bond acceptors (Lipinski definition) is 6. The van der Waals surface area contributed by atoms with Crippen LogP contribution in [0.5, 0.6) is 0 Å². The van der Waals surface area contributed by atoms with Crippen molar-refractivity contribution in [3.8, 4) is 0 Å². The third-order valence-electron chi connectivity index (χ3n) is 3.58. The monoisotopic (exact) mass is 308 g/mol. The lowest BCUT2D eigenvalue weighted by molar-refractivity contribution is -0.145. The van der Waals surface area contributed by atoms with Crippen LogP contribution in [0.4, 0.5) is 0 Å². The minimum atomic E-state index is -2.16. The highest BCUT2D eigenvalue weighted by Gasteiger charge is 2.62. The maximum atomic E-state index is 12.7. The summed E-state index contributed by atoms with van der Waals surface area (Å²) in [6.45, 7) is 0. The van der Waals surface area contributed by atoms with Gasteiger partial charge in [-0.1, -0.05) is 35.9 Å². The second kappa shape index (κ2) is 4.39. The molecular formula is C13H9ClN2O5. The summed E-state index contributed by atoms with van der Waals surface area (Å²) in [6, 6.07) is 4.25. The van der Waals surface area contributed by atoms with Gasteiger partial charge >= 0.3 is 5.97 Å². The molecule has 4 N–H and O–H groups in total. The Bertz CT molecular complexity index is 729. The van der Waals surface area contributed by atoms with Gasteiger partial charge in [-0.25, -0.2) is 0 Å². The van der Waals surface area contributed by atoms with E-state index >= 15 is 0 Å². The molecule has 0 unspecified atom stereocenters. The van der Waals surface area contributed by atoms with Crippen molar-refractivity contribution in [1.29, 1.82) is 0 Å². The van der Waals surface area contributed by atoms with Crippen LogP contribution in [-0.4, -0.2) is 34.3 Å². The minimum absolute atomic E-state index is 0.0520. The van der Waals surface area contributed by atoms with Crippen molar-refractivity contribution in [2.45, 2.75) is 11.6 Å². The number of nitrogens with one attached hydrogen (secondary N) is 1. The first-order valence-corrected chi connectivity index (χ1v) is 6.30. The maximum absolute atomic E-state index is 12.7. The predicted octanol–water partition coefficient (Wildman–Crippen LogP) is 0.202. The van der Waals surface area contributed by atoms with Gasteiger partial charge in [0.25, 0.3) is 0 Å². The third kappa shape index (κ3) is 1.59. The second-order valence-electron chi connectivity index (χ2n) is 4.65. The molecule has 8 heteroatoms. The van der Waals surface area contributed by atoms with Gasteiger partial charge in [0.05, 0.1) is 5.57 Å². The van der Waals surface area contributed by atoms with Gasteiger partial charge in [0.1, 0.15) is 11.2 Å². The molecule has 1 heterocycles. The fraction of sp³-hybridized carbons (Fsp3) is 0.154. The Kier molecular flexibility index (Phi) is 2.87. The molecule has 0 saturated heterocycles. The third-order valence-corrected chi connectivity index (χ3v) is 3.84. The Morgan fingerprint density at radius 2 is 1.95 bits per heavy atom. The molecule has 0 spiro atoms. The molecule has 3 rings (SSSR count). The topological polar surface area (TPSA) is 119 Å². The lowest BCUT2D eigenvalue weighted by atomic mass is 9.71. The summed E-state index contributed by atoms with van der Waals surface area (Å²) in [5.74, 6) is -2.79. The van der Waals surface area contributed by atoms with Gasteiger partial charge in [-0.2, -0.15) is 0 Å². The number of aliphatic carboxylic acids is 1. The quantitative estimate of drug-likeness (QED) is 0.668. The largest absolute Gasteiger partial charge is 0.480 e. The van der Waals surface area contributed by atoms with Crippen LogP contribution in [-0.2, 0) is 9.63 Å². The molecule has 1 aromatic carbocycles. The van der Waals surface area contributed by atoms with Gasteiger partial charge in [-0.15, -0.1) is 0 Å². The van der Waals surface area contributed by atoms with Gasteiger partial charge < -0.3 is 10.8 Å². The van der Waals surface area contributed by atoms with Crippen molar-refractivity contribution in [2.75, 3.05) is 0 Å². The first-order valence-electron chi connectivity index (χ1n) is 5.92. The highest BCUT2D eigenvalue weighted by molar-refractivity contribution is 6.37. The molecule has 7 nitrogen and oxygen atoms in total. The molecule has 1 aromatic rings. The normalized spacial score (nSPS) is 25.2. The number of fused-ring (bicyclic) bond motifs is 2. The summed E-state index contributed by atoms with van der Waals surface area (Å²) in [6.07, 6.45) is 0. The fourth-order valence-electron chi connectivity index (χ4n) is 2.57. The Morgan fingerprint density at radius 1 is 1.33 bits per heavy atom. The van der Waals surface area contributed by atoms with E-state index in [-0.39, 0.29) is 21.9 Å². The summed E-state index contributed by atoms with van der Waals surface area (Å²) in [7, 11) is 0. The van der Waals surface area contributed by atoms with E-state index in [0.717, 1.165) is 0 Å². The summed E-state index contributed by atoms with van der Waals surface area (Å²) >= 11 is 5.87. The number of halogens is 1. The minimum Gasteiger partial charge on any atom is -0.480 e. The molecule has 0 radical (unpaired) electrons. The second-order valence-corrected chi connectivity index (χ2v) is 5.03. The fourth-order valence-corrected chi connectivity index (χ4v) is 2.83. The molecular weight excluding hydrogens is 300 g/mol. The highest BCUT2D eigenvalue weighted by atomic mass is 35.5. The van der Waals surface area contributed by atoms with E-state index in [1.165, 1.54) is 12.1 Å². The van der Waals surface area contributed by atoms with Crippen molar-refractivity contribution in [2.24, 2.45) is 5.73 Å². The summed E-state index contributed by atoms with van der Waals surface area (Å²) < 4.78 is 0. The first-order chi connectivity index (χ1) is 9.91. The number of benzene rings is 1. The van der Waals surface area contributed by atoms with E-state index in [1.807, 2.05) is 0 Å². The van der Waals surface area contributed by atoms with E-state index in [0.29, 0.717) is 0 Å². The van der Waals surface area contributed by atoms with E-state index in [4.69, 9.17) is 27.3 Å². The van der Waals surface area contributed by atoms with E-state index in [2.05, 4.69) is 5.48 Å². The van der Waals surface area contributed by atoms with Crippen molar-refractivity contribution in [3.05, 3.63) is 46.1 Å². The Labute approximate surface area is 123 Å². The van der Waals surface area contributed by atoms with E-state index < -0.39 is 29.2 Å². The van der Waals surface area contributed by atoms with Crippen molar-refractivity contribution in [1.82, 2.24) is 5.48 Å². The first kappa shape index (κ1) is 13.7.